The molecule has 1 heterocycles. The summed E-state index contributed by atoms with van der Waals surface area (Å²) in [4.78, 5) is 13.3. The molecule has 1 N–H and O–H groups in total. The number of benzene rings is 1. The molecular formula is C11H9Cl2NO2. The summed E-state index contributed by atoms with van der Waals surface area (Å²) >= 11 is 12.0. The van der Waals surface area contributed by atoms with Crippen molar-refractivity contribution in [2.75, 3.05) is 0 Å². The summed E-state index contributed by atoms with van der Waals surface area (Å²) < 4.78 is 4.89. The van der Waals surface area contributed by atoms with Gasteiger partial charge in [0.2, 0.25) is 0 Å². The third-order valence-electron chi connectivity index (χ3n) is 2.42. The van der Waals surface area contributed by atoms with Crippen LogP contribution in [0.3, 0.4) is 0 Å². The zero-order valence-corrected chi connectivity index (χ0v) is 9.97. The van der Waals surface area contributed by atoms with E-state index in [-0.39, 0.29) is 6.10 Å². The van der Waals surface area contributed by atoms with E-state index in [2.05, 4.69) is 4.98 Å². The summed E-state index contributed by atoms with van der Waals surface area (Å²) in [6.45, 7) is 2.20. The molecule has 16 heavy (non-hydrogen) atoms. The smallest absolute Gasteiger partial charge is 0.293 e. The van der Waals surface area contributed by atoms with Crippen molar-refractivity contribution in [2.45, 2.75) is 13.0 Å². The fourth-order valence-electron chi connectivity index (χ4n) is 1.69. The predicted octanol–water partition coefficient (Wildman–Crippen LogP) is 3.71. The van der Waals surface area contributed by atoms with Crippen LogP contribution >= 0.6 is 23.2 Å². The number of H-pyrrole nitrogens is 1. The average Bonchev–Trinajstić information content (AvgIpc) is 2.61. The Morgan fingerprint density at radius 2 is 2.19 bits per heavy atom. The Kier molecular flexibility index (Phi) is 3.08. The second-order valence-corrected chi connectivity index (χ2v) is 4.27. The molecule has 2 aromatic rings. The quantitative estimate of drug-likeness (QED) is 0.852. The highest BCUT2D eigenvalue weighted by Gasteiger charge is 2.15. The molecule has 2 rings (SSSR count). The fraction of sp³-hybridized carbons (Fsp3) is 0.182. The highest BCUT2D eigenvalue weighted by atomic mass is 35.5. The molecule has 0 amide bonds. The number of carbonyl (C=O) groups excluding carboxylic acids is 1. The molecule has 1 aromatic heterocycles. The average molecular weight is 258 g/mol. The van der Waals surface area contributed by atoms with Crippen molar-refractivity contribution < 1.29 is 9.53 Å². The summed E-state index contributed by atoms with van der Waals surface area (Å²) in [6.07, 6.45) is 1.42. The second-order valence-electron chi connectivity index (χ2n) is 3.43. The van der Waals surface area contributed by atoms with E-state index in [1.165, 1.54) is 0 Å². The van der Waals surface area contributed by atoms with E-state index < -0.39 is 0 Å². The molecule has 0 fully saturated rings. The lowest BCUT2D eigenvalue weighted by molar-refractivity contribution is -0.133. The molecule has 0 radical (unpaired) electrons. The van der Waals surface area contributed by atoms with E-state index in [4.69, 9.17) is 27.9 Å². The Bertz CT molecular complexity index is 536. The van der Waals surface area contributed by atoms with Crippen molar-refractivity contribution in [3.63, 3.8) is 0 Å². The maximum absolute atomic E-state index is 10.3. The number of carbonyl (C=O) groups is 1. The summed E-state index contributed by atoms with van der Waals surface area (Å²) in [5.41, 5.74) is 1.66. The van der Waals surface area contributed by atoms with Crippen molar-refractivity contribution in [1.29, 1.82) is 0 Å². The predicted molar refractivity (Wildman–Crippen MR) is 63.9 cm³/mol. The standard InChI is InChI=1S/C11H9Cl2NO2/c1-6(16-5-15)8-4-14-10-3-7(12)2-9(13)11(8)10/h2-6,14H,1H3. The van der Waals surface area contributed by atoms with Gasteiger partial charge in [-0.15, -0.1) is 0 Å². The van der Waals surface area contributed by atoms with Crippen LogP contribution in [0.4, 0.5) is 0 Å². The van der Waals surface area contributed by atoms with Crippen LogP contribution in [0.1, 0.15) is 18.6 Å². The molecule has 84 valence electrons. The van der Waals surface area contributed by atoms with Crippen LogP contribution in [0, 0.1) is 0 Å². The highest BCUT2D eigenvalue weighted by Crippen LogP contribution is 2.33. The van der Waals surface area contributed by atoms with Gasteiger partial charge in [-0.1, -0.05) is 23.2 Å². The van der Waals surface area contributed by atoms with Gasteiger partial charge in [-0.3, -0.25) is 4.79 Å². The van der Waals surface area contributed by atoms with Crippen LogP contribution in [0.5, 0.6) is 0 Å². The maximum Gasteiger partial charge on any atom is 0.293 e. The largest absolute Gasteiger partial charge is 0.460 e. The molecule has 0 saturated carbocycles. The number of fused-ring (bicyclic) bond motifs is 1. The Balaban J connectivity index is 2.59. The van der Waals surface area contributed by atoms with Crippen molar-refractivity contribution in [1.82, 2.24) is 4.98 Å². The Hall–Kier alpha value is -1.19. The number of aromatic amines is 1. The number of nitrogens with one attached hydrogen (secondary N) is 1. The fourth-order valence-corrected chi connectivity index (χ4v) is 2.29. The first kappa shape index (κ1) is 11.3. The number of hydrogen-bond acceptors (Lipinski definition) is 2. The molecule has 0 spiro atoms. The normalized spacial score (nSPS) is 12.7. The van der Waals surface area contributed by atoms with Gasteiger partial charge in [-0.25, -0.2) is 0 Å². The van der Waals surface area contributed by atoms with Gasteiger partial charge in [0.15, 0.2) is 0 Å². The van der Waals surface area contributed by atoms with Crippen molar-refractivity contribution in [2.24, 2.45) is 0 Å². The lowest BCUT2D eigenvalue weighted by atomic mass is 10.1. The summed E-state index contributed by atoms with van der Waals surface area (Å²) in [5.74, 6) is 0. The number of rotatable bonds is 3. The SMILES string of the molecule is CC(OC=O)c1c[nH]c2cc(Cl)cc(Cl)c12. The monoisotopic (exact) mass is 257 g/mol. The van der Waals surface area contributed by atoms with Gasteiger partial charge in [-0.2, -0.15) is 0 Å². The number of ether oxygens (including phenoxy) is 1. The summed E-state index contributed by atoms with van der Waals surface area (Å²) in [5, 5.41) is 1.94. The Labute approximate surface area is 102 Å². The van der Waals surface area contributed by atoms with E-state index in [0.29, 0.717) is 16.5 Å². The van der Waals surface area contributed by atoms with Gasteiger partial charge >= 0.3 is 0 Å². The lowest BCUT2D eigenvalue weighted by Crippen LogP contribution is -1.96. The third kappa shape index (κ3) is 1.88. The van der Waals surface area contributed by atoms with Gasteiger partial charge < -0.3 is 9.72 Å². The van der Waals surface area contributed by atoms with E-state index in [1.54, 1.807) is 25.3 Å². The minimum atomic E-state index is -0.343. The molecule has 1 aromatic carbocycles. The molecule has 0 saturated heterocycles. The molecule has 0 aliphatic carbocycles. The minimum absolute atomic E-state index is 0.343. The van der Waals surface area contributed by atoms with Crippen LogP contribution < -0.4 is 0 Å². The van der Waals surface area contributed by atoms with E-state index >= 15 is 0 Å². The first-order valence-electron chi connectivity index (χ1n) is 4.68. The second kappa shape index (κ2) is 4.36. The van der Waals surface area contributed by atoms with Crippen molar-refractivity contribution in [3.05, 3.63) is 33.9 Å². The van der Waals surface area contributed by atoms with E-state index in [9.17, 15) is 4.79 Å². The molecule has 3 nitrogen and oxygen atoms in total. The van der Waals surface area contributed by atoms with Crippen molar-refractivity contribution >= 4 is 40.6 Å². The molecule has 0 aliphatic heterocycles. The van der Waals surface area contributed by atoms with Gasteiger partial charge in [0.1, 0.15) is 6.10 Å². The Morgan fingerprint density at radius 3 is 2.88 bits per heavy atom. The van der Waals surface area contributed by atoms with Crippen LogP contribution in [0.15, 0.2) is 18.3 Å². The number of aromatic nitrogens is 1. The van der Waals surface area contributed by atoms with Crippen molar-refractivity contribution in [3.8, 4) is 0 Å². The number of hydrogen-bond donors (Lipinski definition) is 1. The van der Waals surface area contributed by atoms with Gasteiger partial charge in [0.05, 0.1) is 5.02 Å². The first-order valence-corrected chi connectivity index (χ1v) is 5.44. The van der Waals surface area contributed by atoms with Gasteiger partial charge in [-0.05, 0) is 19.1 Å². The summed E-state index contributed by atoms with van der Waals surface area (Å²) in [7, 11) is 0. The van der Waals surface area contributed by atoms with Crippen LogP contribution in [0.25, 0.3) is 10.9 Å². The molecule has 1 unspecified atom stereocenters. The van der Waals surface area contributed by atoms with Crippen LogP contribution in [-0.2, 0) is 9.53 Å². The van der Waals surface area contributed by atoms with Gasteiger partial charge in [0, 0.05) is 27.7 Å². The zero-order chi connectivity index (χ0) is 11.7. The van der Waals surface area contributed by atoms with Gasteiger partial charge in [0.25, 0.3) is 6.47 Å². The third-order valence-corrected chi connectivity index (χ3v) is 2.94. The highest BCUT2D eigenvalue weighted by molar-refractivity contribution is 6.38. The summed E-state index contributed by atoms with van der Waals surface area (Å²) in [6, 6.07) is 3.44. The number of halogens is 2. The zero-order valence-electron chi connectivity index (χ0n) is 8.46. The molecule has 0 bridgehead atoms. The molecular weight excluding hydrogens is 249 g/mol. The topological polar surface area (TPSA) is 42.1 Å². The van der Waals surface area contributed by atoms with E-state index in [0.717, 1.165) is 16.5 Å². The van der Waals surface area contributed by atoms with E-state index in [1.807, 2.05) is 0 Å². The molecule has 5 heteroatoms. The van der Waals surface area contributed by atoms with Crippen LogP contribution in [0.2, 0.25) is 10.0 Å². The minimum Gasteiger partial charge on any atom is -0.460 e. The molecule has 0 aliphatic rings. The maximum atomic E-state index is 10.3. The molecule has 1 atom stereocenters. The van der Waals surface area contributed by atoms with Crippen LogP contribution in [-0.4, -0.2) is 11.5 Å². The first-order chi connectivity index (χ1) is 7.63. The lowest BCUT2D eigenvalue weighted by Gasteiger charge is -2.08. The Morgan fingerprint density at radius 1 is 1.44 bits per heavy atom.